The molecule has 0 radical (unpaired) electrons. The average molecular weight is 676 g/mol. The molecular formula is C37H49N5O7. The largest absolute Gasteiger partial charge is 0.507 e. The molecule has 12 heteroatoms. The van der Waals surface area contributed by atoms with E-state index in [-0.39, 0.29) is 11.4 Å². The summed E-state index contributed by atoms with van der Waals surface area (Å²) in [5, 5.41) is 55.2. The van der Waals surface area contributed by atoms with E-state index in [0.29, 0.717) is 46.4 Å². The summed E-state index contributed by atoms with van der Waals surface area (Å²) in [7, 11) is 0. The van der Waals surface area contributed by atoms with Gasteiger partial charge in [0.05, 0.1) is 32.6 Å². The molecule has 3 rings (SSSR count). The second-order valence-electron chi connectivity index (χ2n) is 13.8. The number of non-ortho nitro benzene ring substituents is 1. The van der Waals surface area contributed by atoms with Crippen LogP contribution in [0.3, 0.4) is 0 Å². The molecule has 0 fully saturated rings. The summed E-state index contributed by atoms with van der Waals surface area (Å²) in [6.45, 7) is 13.1. The fraction of sp³-hybridized carbons (Fsp3) is 0.514. The Kier molecular flexibility index (Phi) is 14.3. The van der Waals surface area contributed by atoms with Crippen LogP contribution >= 0.6 is 0 Å². The van der Waals surface area contributed by atoms with Crippen molar-refractivity contribution in [1.29, 1.82) is 0 Å². The number of nitro benzene ring substituents is 3. The van der Waals surface area contributed by atoms with Crippen molar-refractivity contribution in [3.8, 4) is 5.75 Å². The van der Waals surface area contributed by atoms with E-state index in [4.69, 9.17) is 0 Å². The molecule has 0 aliphatic carbocycles. The number of phenols is 1. The smallest absolute Gasteiger partial charge is 0.310 e. The van der Waals surface area contributed by atoms with Crippen LogP contribution < -0.4 is 0 Å². The van der Waals surface area contributed by atoms with E-state index in [9.17, 15) is 35.4 Å². The van der Waals surface area contributed by atoms with Crippen molar-refractivity contribution in [2.75, 3.05) is 0 Å². The van der Waals surface area contributed by atoms with Gasteiger partial charge in [-0.3, -0.25) is 30.3 Å². The summed E-state index contributed by atoms with van der Waals surface area (Å²) < 4.78 is 0. The van der Waals surface area contributed by atoms with Gasteiger partial charge in [0.25, 0.3) is 5.69 Å². The van der Waals surface area contributed by atoms with Gasteiger partial charge in [-0.15, -0.1) is 10.2 Å². The Hall–Kier alpha value is -4.74. The van der Waals surface area contributed by atoms with E-state index in [1.807, 2.05) is 0 Å². The van der Waals surface area contributed by atoms with Gasteiger partial charge in [0.1, 0.15) is 5.75 Å². The third-order valence-electron chi connectivity index (χ3n) is 9.23. The topological polar surface area (TPSA) is 174 Å². The lowest BCUT2D eigenvalue weighted by Gasteiger charge is -2.15. The molecule has 0 amide bonds. The molecule has 0 saturated heterocycles. The molecule has 264 valence electrons. The molecule has 0 saturated carbocycles. The number of hydrogen-bond acceptors (Lipinski definition) is 9. The van der Waals surface area contributed by atoms with Gasteiger partial charge in [-0.25, -0.2) is 0 Å². The van der Waals surface area contributed by atoms with E-state index >= 15 is 0 Å². The average Bonchev–Trinajstić information content (AvgIpc) is 3.04. The van der Waals surface area contributed by atoms with Crippen molar-refractivity contribution in [3.63, 3.8) is 0 Å². The molecule has 3 aromatic carbocycles. The highest BCUT2D eigenvalue weighted by Crippen LogP contribution is 2.44. The Morgan fingerprint density at radius 2 is 1.29 bits per heavy atom. The van der Waals surface area contributed by atoms with Gasteiger partial charge in [-0.05, 0) is 56.4 Å². The zero-order chi connectivity index (χ0) is 36.2. The van der Waals surface area contributed by atoms with Crippen molar-refractivity contribution in [1.82, 2.24) is 0 Å². The normalized spacial score (nSPS) is 13.3. The summed E-state index contributed by atoms with van der Waals surface area (Å²) in [5.41, 5.74) is -0.716. The minimum Gasteiger partial charge on any atom is -0.507 e. The summed E-state index contributed by atoms with van der Waals surface area (Å²) in [4.78, 5) is 31.9. The first kappa shape index (κ1) is 38.7. The Labute approximate surface area is 287 Å². The number of benzene rings is 3. The molecule has 0 aliphatic rings. The molecule has 49 heavy (non-hydrogen) atoms. The molecule has 2 unspecified atom stereocenters. The second kappa shape index (κ2) is 18.1. The predicted octanol–water partition coefficient (Wildman–Crippen LogP) is 11.9. The number of rotatable bonds is 19. The summed E-state index contributed by atoms with van der Waals surface area (Å²) in [5.74, 6) is 2.30. The van der Waals surface area contributed by atoms with Crippen LogP contribution in [0.15, 0.2) is 58.3 Å². The molecule has 3 aromatic rings. The highest BCUT2D eigenvalue weighted by Gasteiger charge is 2.31. The lowest BCUT2D eigenvalue weighted by atomic mass is 9.91. The van der Waals surface area contributed by atoms with Crippen molar-refractivity contribution < 1.29 is 19.9 Å². The first-order valence-corrected chi connectivity index (χ1v) is 17.1. The highest BCUT2D eigenvalue weighted by atomic mass is 16.6. The first-order valence-electron chi connectivity index (χ1n) is 17.1. The summed E-state index contributed by atoms with van der Waals surface area (Å²) >= 11 is 0. The molecule has 0 aromatic heterocycles. The number of nitrogens with zero attached hydrogens (tertiary/aromatic N) is 5. The molecule has 12 nitrogen and oxygen atoms in total. The maximum Gasteiger partial charge on any atom is 0.310 e. The van der Waals surface area contributed by atoms with Crippen LogP contribution in [-0.2, 0) is 6.42 Å². The Morgan fingerprint density at radius 1 is 0.776 bits per heavy atom. The van der Waals surface area contributed by atoms with Gasteiger partial charge < -0.3 is 5.11 Å². The SMILES string of the molecule is CC(=CCc1c(C)c(N=Nc2c([N+](=O)[O-])cc([N+](=O)[O-])cc2[N+](=O)[O-])c2ccccc2c1O)CCCC(C)CCCC(C)CCCC(C)C. The first-order chi connectivity index (χ1) is 23.2. The van der Waals surface area contributed by atoms with Crippen molar-refractivity contribution >= 4 is 39.2 Å². The highest BCUT2D eigenvalue weighted by molar-refractivity contribution is 5.99. The molecule has 0 heterocycles. The number of aromatic hydroxyl groups is 1. The van der Waals surface area contributed by atoms with E-state index < -0.39 is 37.5 Å². The van der Waals surface area contributed by atoms with Crippen LogP contribution in [0.2, 0.25) is 0 Å². The van der Waals surface area contributed by atoms with Gasteiger partial charge in [-0.1, -0.05) is 109 Å². The van der Waals surface area contributed by atoms with Crippen molar-refractivity contribution in [3.05, 3.63) is 89.5 Å². The third kappa shape index (κ3) is 10.9. The number of phenolic OH excluding ortho intramolecular Hbond substituents is 1. The van der Waals surface area contributed by atoms with Crippen LogP contribution in [0, 0.1) is 55.0 Å². The summed E-state index contributed by atoms with van der Waals surface area (Å²) in [6, 6.07) is 8.15. The van der Waals surface area contributed by atoms with Gasteiger partial charge in [-0.2, -0.15) is 0 Å². The Balaban J connectivity index is 1.77. The zero-order valence-corrected chi connectivity index (χ0v) is 29.5. The number of nitro groups is 3. The van der Waals surface area contributed by atoms with E-state index in [2.05, 4.69) is 50.9 Å². The summed E-state index contributed by atoms with van der Waals surface area (Å²) in [6.07, 6.45) is 13.4. The van der Waals surface area contributed by atoms with Crippen molar-refractivity contribution in [2.24, 2.45) is 28.0 Å². The zero-order valence-electron chi connectivity index (χ0n) is 29.5. The van der Waals surface area contributed by atoms with Gasteiger partial charge in [0.2, 0.25) is 5.69 Å². The molecule has 1 N–H and O–H groups in total. The lowest BCUT2D eigenvalue weighted by Crippen LogP contribution is -2.00. The third-order valence-corrected chi connectivity index (χ3v) is 9.23. The van der Waals surface area contributed by atoms with Gasteiger partial charge >= 0.3 is 11.4 Å². The van der Waals surface area contributed by atoms with Crippen LogP contribution in [0.4, 0.5) is 28.4 Å². The van der Waals surface area contributed by atoms with Gasteiger partial charge in [0, 0.05) is 16.3 Å². The van der Waals surface area contributed by atoms with Gasteiger partial charge in [0.15, 0.2) is 0 Å². The minimum atomic E-state index is -0.966. The van der Waals surface area contributed by atoms with E-state index in [1.54, 1.807) is 31.2 Å². The van der Waals surface area contributed by atoms with Crippen molar-refractivity contribution in [2.45, 2.75) is 106 Å². The quantitative estimate of drug-likeness (QED) is 0.0568. The number of allylic oxidation sites excluding steroid dienone is 2. The maximum atomic E-state index is 11.8. The lowest BCUT2D eigenvalue weighted by molar-refractivity contribution is -0.402. The maximum absolute atomic E-state index is 11.8. The van der Waals surface area contributed by atoms with E-state index in [0.717, 1.165) is 31.1 Å². The van der Waals surface area contributed by atoms with Crippen LogP contribution in [0.1, 0.15) is 104 Å². The fourth-order valence-corrected chi connectivity index (χ4v) is 6.22. The molecule has 0 bridgehead atoms. The number of fused-ring (bicyclic) bond motifs is 1. The van der Waals surface area contributed by atoms with Crippen LogP contribution in [-0.4, -0.2) is 19.9 Å². The van der Waals surface area contributed by atoms with E-state index in [1.165, 1.54) is 44.1 Å². The van der Waals surface area contributed by atoms with Crippen LogP contribution in [0.25, 0.3) is 10.8 Å². The monoisotopic (exact) mass is 675 g/mol. The minimum absolute atomic E-state index is 0.0791. The Bertz CT molecular complexity index is 1680. The predicted molar refractivity (Wildman–Crippen MR) is 193 cm³/mol. The standard InChI is InChI=1S/C37H49N5O7/c1-24(2)12-9-13-25(3)14-10-15-26(4)16-11-17-27(5)20-21-30-28(6)35(31-18-7-8-19-32(31)37(30)43)38-39-36-33(41(46)47)22-29(40(44)45)23-34(36)42(48)49/h7-8,18-20,22-26,43H,9-17,21H2,1-6H3. The molecule has 0 spiro atoms. The fourth-order valence-electron chi connectivity index (χ4n) is 6.22. The number of azo groups is 1. The molecule has 2 atom stereocenters. The second-order valence-corrected chi connectivity index (χ2v) is 13.8. The number of hydrogen-bond donors (Lipinski definition) is 1. The van der Waals surface area contributed by atoms with Crippen LogP contribution in [0.5, 0.6) is 5.75 Å². The Morgan fingerprint density at radius 3 is 1.82 bits per heavy atom. The molecular weight excluding hydrogens is 626 g/mol. The molecule has 0 aliphatic heterocycles.